The van der Waals surface area contributed by atoms with Crippen molar-refractivity contribution in [3.8, 4) is 0 Å². The smallest absolute Gasteiger partial charge is 0.192 e. The lowest BCUT2D eigenvalue weighted by Gasteiger charge is -2.58. The van der Waals surface area contributed by atoms with Crippen molar-refractivity contribution in [2.75, 3.05) is 6.66 Å². The Morgan fingerprint density at radius 2 is 1.61 bits per heavy atom. The third-order valence-electron chi connectivity index (χ3n) is 11.8. The molecule has 0 spiro atoms. The summed E-state index contributed by atoms with van der Waals surface area (Å²) in [4.78, 5) is 0. The van der Waals surface area contributed by atoms with Gasteiger partial charge in [-0.25, -0.2) is 0 Å². The summed E-state index contributed by atoms with van der Waals surface area (Å²) in [5, 5.41) is 2.60. The van der Waals surface area contributed by atoms with E-state index in [0.29, 0.717) is 5.92 Å². The molecule has 4 aliphatic rings. The minimum atomic E-state index is -2.53. The van der Waals surface area contributed by atoms with Crippen LogP contribution in [0.15, 0.2) is 41.7 Å². The van der Waals surface area contributed by atoms with Gasteiger partial charge in [-0.1, -0.05) is 64.1 Å². The molecule has 1 aromatic rings. The third kappa shape index (κ3) is 4.38. The predicted molar refractivity (Wildman–Crippen MR) is 157 cm³/mol. The van der Waals surface area contributed by atoms with Gasteiger partial charge in [0, 0.05) is 5.30 Å². The monoisotopic (exact) mass is 526 g/mol. The first-order chi connectivity index (χ1) is 16.7. The van der Waals surface area contributed by atoms with Gasteiger partial charge in [0.25, 0.3) is 0 Å². The van der Waals surface area contributed by atoms with E-state index in [4.69, 9.17) is 4.43 Å². The Hall–Kier alpha value is -0.633. The Morgan fingerprint density at radius 1 is 0.944 bits per heavy atom. The molecular weight excluding hydrogens is 475 g/mol. The van der Waals surface area contributed by atoms with Crippen LogP contribution in [-0.4, -0.2) is 20.6 Å². The molecule has 0 bridgehead atoms. The molecule has 36 heavy (non-hydrogen) atoms. The van der Waals surface area contributed by atoms with E-state index in [1.54, 1.807) is 0 Å². The van der Waals surface area contributed by atoms with Crippen molar-refractivity contribution in [1.82, 2.24) is 0 Å². The highest BCUT2D eigenvalue weighted by atomic mass is 31.2. The zero-order valence-corrected chi connectivity index (χ0v) is 26.2. The summed E-state index contributed by atoms with van der Waals surface area (Å²) in [6.07, 6.45) is 12.7. The van der Waals surface area contributed by atoms with Gasteiger partial charge < -0.3 is 8.99 Å². The number of hydrogen-bond donors (Lipinski definition) is 0. The lowest BCUT2D eigenvalue weighted by molar-refractivity contribution is -0.0854. The van der Waals surface area contributed by atoms with E-state index in [1.807, 2.05) is 24.9 Å². The van der Waals surface area contributed by atoms with Crippen LogP contribution in [0.25, 0.3) is 0 Å². The first kappa shape index (κ1) is 27.0. The molecule has 2 nitrogen and oxygen atoms in total. The molecule has 8 atom stereocenters. The summed E-state index contributed by atoms with van der Waals surface area (Å²) < 4.78 is 21.3. The van der Waals surface area contributed by atoms with Crippen molar-refractivity contribution in [2.24, 2.45) is 35.0 Å². The second kappa shape index (κ2) is 8.95. The topological polar surface area (TPSA) is 26.3 Å². The van der Waals surface area contributed by atoms with Crippen LogP contribution >= 0.6 is 7.14 Å². The summed E-state index contributed by atoms with van der Waals surface area (Å²) in [5.41, 5.74) is 0.176. The van der Waals surface area contributed by atoms with Gasteiger partial charge in [0.1, 0.15) is 7.14 Å². The van der Waals surface area contributed by atoms with E-state index in [-0.39, 0.29) is 16.1 Å². The number of rotatable bonds is 4. The molecule has 0 N–H and O–H groups in total. The van der Waals surface area contributed by atoms with Gasteiger partial charge >= 0.3 is 0 Å². The summed E-state index contributed by atoms with van der Waals surface area (Å²) >= 11 is 0. The Bertz CT molecular complexity index is 1060. The molecule has 5 rings (SSSR count). The van der Waals surface area contributed by atoms with Gasteiger partial charge in [0.05, 0.1) is 5.60 Å². The Morgan fingerprint density at radius 3 is 2.28 bits per heavy atom. The molecule has 0 aromatic heterocycles. The first-order valence-corrected chi connectivity index (χ1v) is 19.8. The molecule has 0 amide bonds. The van der Waals surface area contributed by atoms with Crippen molar-refractivity contribution in [2.45, 2.75) is 110 Å². The molecule has 0 aliphatic heterocycles. The molecular formula is C32H51O2PSi. The van der Waals surface area contributed by atoms with Crippen LogP contribution in [0.2, 0.25) is 18.1 Å². The Balaban J connectivity index is 1.31. The van der Waals surface area contributed by atoms with Gasteiger partial charge in [-0.15, -0.1) is 0 Å². The number of fused-ring (bicyclic) bond motifs is 5. The number of allylic oxidation sites excluding steroid dienone is 2. The van der Waals surface area contributed by atoms with E-state index in [9.17, 15) is 4.57 Å². The summed E-state index contributed by atoms with van der Waals surface area (Å²) in [5.74, 6) is 4.05. The highest BCUT2D eigenvalue weighted by molar-refractivity contribution is 7.74. The minimum absolute atomic E-state index is 0.0623. The van der Waals surface area contributed by atoms with Crippen molar-refractivity contribution in [1.29, 1.82) is 0 Å². The molecule has 0 saturated heterocycles. The van der Waals surface area contributed by atoms with Gasteiger partial charge in [-0.2, -0.15) is 0 Å². The van der Waals surface area contributed by atoms with Crippen LogP contribution in [0.5, 0.6) is 0 Å². The Kier molecular flexibility index (Phi) is 6.70. The van der Waals surface area contributed by atoms with Gasteiger partial charge in [-0.05, 0) is 123 Å². The maximum atomic E-state index is 14.2. The average Bonchev–Trinajstić information content (AvgIpc) is 3.16. The second-order valence-electron chi connectivity index (χ2n) is 15.0. The first-order valence-electron chi connectivity index (χ1n) is 14.7. The highest BCUT2D eigenvalue weighted by Crippen LogP contribution is 2.70. The fourth-order valence-electron chi connectivity index (χ4n) is 8.99. The second-order valence-corrected chi connectivity index (χ2v) is 22.6. The van der Waals surface area contributed by atoms with E-state index >= 15 is 0 Å². The highest BCUT2D eigenvalue weighted by Gasteiger charge is 2.58. The van der Waals surface area contributed by atoms with Crippen LogP contribution in [-0.2, 0) is 8.99 Å². The SMILES string of the molecule is CC(C)(C)[Si](C)(C)O[C@]1(C)CC[C@H]2[C@H](CC[C@@H]3[C@@H]2CC[C@]2(C)C(P(C)(=O)c4ccccc4)=CC[C@@H]32)C1. The van der Waals surface area contributed by atoms with Gasteiger partial charge in [0.2, 0.25) is 0 Å². The zero-order chi connectivity index (χ0) is 26.1. The van der Waals surface area contributed by atoms with E-state index in [2.05, 4.69) is 65.9 Å². The summed E-state index contributed by atoms with van der Waals surface area (Å²) in [7, 11) is -4.30. The van der Waals surface area contributed by atoms with Crippen LogP contribution in [0.4, 0.5) is 0 Å². The van der Waals surface area contributed by atoms with Crippen LogP contribution in [0.1, 0.15) is 86.0 Å². The molecule has 3 saturated carbocycles. The molecule has 1 aromatic carbocycles. The predicted octanol–water partition coefficient (Wildman–Crippen LogP) is 9.23. The van der Waals surface area contributed by atoms with Gasteiger partial charge in [-0.3, -0.25) is 0 Å². The van der Waals surface area contributed by atoms with E-state index in [1.165, 1.54) is 50.3 Å². The number of benzene rings is 1. The summed E-state index contributed by atoms with van der Waals surface area (Å²) in [6, 6.07) is 10.3. The molecule has 1 unspecified atom stereocenters. The van der Waals surface area contributed by atoms with Crippen LogP contribution in [0.3, 0.4) is 0 Å². The maximum absolute atomic E-state index is 14.2. The van der Waals surface area contributed by atoms with Crippen molar-refractivity contribution >= 4 is 20.8 Å². The maximum Gasteiger partial charge on any atom is 0.192 e. The fourth-order valence-corrected chi connectivity index (χ4v) is 13.4. The van der Waals surface area contributed by atoms with E-state index in [0.717, 1.165) is 35.4 Å². The molecule has 3 fully saturated rings. The molecule has 4 heteroatoms. The average molecular weight is 527 g/mol. The Labute approximate surface area is 222 Å². The van der Waals surface area contributed by atoms with Crippen LogP contribution < -0.4 is 5.30 Å². The van der Waals surface area contributed by atoms with Gasteiger partial charge in [0.15, 0.2) is 8.32 Å². The normalized spacial score (nSPS) is 40.4. The lowest BCUT2D eigenvalue weighted by Crippen LogP contribution is -2.54. The zero-order valence-electron chi connectivity index (χ0n) is 24.3. The minimum Gasteiger partial charge on any atom is -0.412 e. The third-order valence-corrected chi connectivity index (χ3v) is 19.3. The van der Waals surface area contributed by atoms with Crippen molar-refractivity contribution in [3.63, 3.8) is 0 Å². The van der Waals surface area contributed by atoms with Crippen LogP contribution in [0, 0.1) is 35.0 Å². The fraction of sp³-hybridized carbons (Fsp3) is 0.750. The summed E-state index contributed by atoms with van der Waals surface area (Å²) in [6.45, 7) is 18.9. The molecule has 200 valence electrons. The molecule has 0 radical (unpaired) electrons. The number of hydrogen-bond acceptors (Lipinski definition) is 2. The standard InChI is InChI=1S/C32H51O2PSi/c1-30(2,3)36(7,8)34-31(4)20-18-25-23(22-31)14-15-27-26(25)19-21-32(5)28(27)16-17-29(32)35(6,33)24-12-10-9-11-13-24/h9-13,17,23,25-28H,14-16,18-22H2,1-8H3/t23-,25+,26-,27-,28+,31-,32+,35?/m1/s1. The lowest BCUT2D eigenvalue weighted by atomic mass is 9.50. The quantitative estimate of drug-likeness (QED) is 0.289. The van der Waals surface area contributed by atoms with E-state index < -0.39 is 15.5 Å². The largest absolute Gasteiger partial charge is 0.412 e. The molecule has 0 heterocycles. The van der Waals surface area contributed by atoms with Crippen molar-refractivity contribution in [3.05, 3.63) is 41.7 Å². The van der Waals surface area contributed by atoms with Crippen molar-refractivity contribution < 1.29 is 8.99 Å². The molecule has 4 aliphatic carbocycles.